The van der Waals surface area contributed by atoms with E-state index in [0.717, 1.165) is 22.3 Å². The number of nitrogens with zero attached hydrogens (tertiary/aromatic N) is 1. The van der Waals surface area contributed by atoms with Crippen molar-refractivity contribution in [2.75, 3.05) is 13.2 Å². The van der Waals surface area contributed by atoms with Crippen LogP contribution in [0.15, 0.2) is 48.5 Å². The van der Waals surface area contributed by atoms with Crippen molar-refractivity contribution in [1.82, 2.24) is 10.2 Å². The molecule has 2 N–H and O–H groups in total. The summed E-state index contributed by atoms with van der Waals surface area (Å²) in [6.07, 6.45) is 0.341. The monoisotopic (exact) mass is 452 g/mol. The van der Waals surface area contributed by atoms with Gasteiger partial charge in [-0.3, -0.25) is 9.59 Å². The number of benzene rings is 2. The Morgan fingerprint density at radius 3 is 2.06 bits per heavy atom. The number of fused-ring (bicyclic) bond motifs is 3. The molecule has 1 aliphatic rings. The molecule has 0 aliphatic heterocycles. The first-order valence-corrected chi connectivity index (χ1v) is 11.3. The van der Waals surface area contributed by atoms with Gasteiger partial charge in [0.2, 0.25) is 5.91 Å². The second kappa shape index (κ2) is 10.1. The van der Waals surface area contributed by atoms with Gasteiger partial charge in [0.1, 0.15) is 19.2 Å². The van der Waals surface area contributed by atoms with Crippen molar-refractivity contribution in [2.24, 2.45) is 0 Å². The lowest BCUT2D eigenvalue weighted by molar-refractivity contribution is -0.149. The Morgan fingerprint density at radius 1 is 1.03 bits per heavy atom. The number of ether oxygens (including phenoxy) is 1. The first-order valence-electron chi connectivity index (χ1n) is 11.3. The summed E-state index contributed by atoms with van der Waals surface area (Å²) in [4.78, 5) is 38.4. The fraction of sp³-hybridized carbons (Fsp3) is 0.423. The molecule has 0 saturated heterocycles. The summed E-state index contributed by atoms with van der Waals surface area (Å²) in [5.74, 6) is -1.61. The minimum atomic E-state index is -1.10. The number of hydrogen-bond donors (Lipinski definition) is 2. The molecule has 176 valence electrons. The van der Waals surface area contributed by atoms with Gasteiger partial charge >= 0.3 is 12.1 Å². The molecule has 0 radical (unpaired) electrons. The van der Waals surface area contributed by atoms with Crippen LogP contribution in [0.5, 0.6) is 0 Å². The molecule has 33 heavy (non-hydrogen) atoms. The van der Waals surface area contributed by atoms with Crippen LogP contribution >= 0.6 is 0 Å². The molecule has 0 aromatic heterocycles. The van der Waals surface area contributed by atoms with E-state index in [1.54, 1.807) is 20.8 Å². The molecule has 3 rings (SSSR count). The number of carbonyl (C=O) groups is 3. The number of nitrogens with one attached hydrogen (secondary N) is 1. The van der Waals surface area contributed by atoms with Crippen LogP contribution in [-0.4, -0.2) is 52.7 Å². The normalized spacial score (nSPS) is 13.6. The van der Waals surface area contributed by atoms with E-state index < -0.39 is 36.1 Å². The van der Waals surface area contributed by atoms with E-state index in [4.69, 9.17) is 4.74 Å². The van der Waals surface area contributed by atoms with Crippen molar-refractivity contribution in [3.8, 4) is 11.1 Å². The Morgan fingerprint density at radius 2 is 1.58 bits per heavy atom. The van der Waals surface area contributed by atoms with Gasteiger partial charge in [0.25, 0.3) is 0 Å². The maximum absolute atomic E-state index is 13.1. The predicted octanol–water partition coefficient (Wildman–Crippen LogP) is 4.41. The van der Waals surface area contributed by atoms with Gasteiger partial charge in [-0.25, -0.2) is 4.79 Å². The smallest absolute Gasteiger partial charge is 0.407 e. The molecule has 1 atom stereocenters. The zero-order valence-corrected chi connectivity index (χ0v) is 19.6. The van der Waals surface area contributed by atoms with Crippen molar-refractivity contribution in [2.45, 2.75) is 58.0 Å². The second-order valence-corrected chi connectivity index (χ2v) is 9.30. The third-order valence-corrected chi connectivity index (χ3v) is 5.88. The van der Waals surface area contributed by atoms with Crippen molar-refractivity contribution in [3.63, 3.8) is 0 Å². The fourth-order valence-electron chi connectivity index (χ4n) is 4.30. The van der Waals surface area contributed by atoms with E-state index in [-0.39, 0.29) is 12.5 Å². The molecule has 0 bridgehead atoms. The van der Waals surface area contributed by atoms with Gasteiger partial charge in [0.05, 0.1) is 0 Å². The lowest BCUT2D eigenvalue weighted by Gasteiger charge is -2.37. The quantitative estimate of drug-likeness (QED) is 0.619. The minimum absolute atomic E-state index is 0.0819. The molecular weight excluding hydrogens is 420 g/mol. The van der Waals surface area contributed by atoms with Crippen LogP contribution in [0.4, 0.5) is 4.79 Å². The Hall–Kier alpha value is -3.35. The maximum Gasteiger partial charge on any atom is 0.407 e. The van der Waals surface area contributed by atoms with Crippen LogP contribution in [0.3, 0.4) is 0 Å². The summed E-state index contributed by atoms with van der Waals surface area (Å²) in [5.41, 5.74) is 3.77. The van der Waals surface area contributed by atoms with E-state index in [1.807, 2.05) is 43.3 Å². The summed E-state index contributed by atoms with van der Waals surface area (Å²) in [6, 6.07) is 15.3. The van der Waals surface area contributed by atoms with Crippen LogP contribution < -0.4 is 5.32 Å². The number of rotatable bonds is 8. The van der Waals surface area contributed by atoms with Gasteiger partial charge in [0, 0.05) is 11.5 Å². The second-order valence-electron chi connectivity index (χ2n) is 9.30. The van der Waals surface area contributed by atoms with Crippen molar-refractivity contribution >= 4 is 18.0 Å². The van der Waals surface area contributed by atoms with Crippen LogP contribution in [0.2, 0.25) is 0 Å². The molecule has 0 fully saturated rings. The molecule has 0 heterocycles. The van der Waals surface area contributed by atoms with E-state index in [0.29, 0.717) is 12.8 Å². The number of alkyl carbamates (subject to hydrolysis) is 1. The summed E-state index contributed by atoms with van der Waals surface area (Å²) in [6.45, 7) is 6.91. The zero-order valence-electron chi connectivity index (χ0n) is 19.6. The fourth-order valence-corrected chi connectivity index (χ4v) is 4.30. The average molecular weight is 453 g/mol. The van der Waals surface area contributed by atoms with E-state index in [2.05, 4.69) is 17.4 Å². The summed E-state index contributed by atoms with van der Waals surface area (Å²) in [5, 5.41) is 11.9. The number of aliphatic carboxylic acids is 1. The number of carboxylic acids is 1. The highest BCUT2D eigenvalue weighted by Crippen LogP contribution is 2.44. The molecule has 0 spiro atoms. The number of carbonyl (C=O) groups excluding carboxylic acids is 2. The van der Waals surface area contributed by atoms with Crippen LogP contribution in [0, 0.1) is 0 Å². The van der Waals surface area contributed by atoms with Gasteiger partial charge < -0.3 is 20.1 Å². The van der Waals surface area contributed by atoms with Gasteiger partial charge in [-0.1, -0.05) is 61.9 Å². The number of amides is 2. The van der Waals surface area contributed by atoms with Gasteiger partial charge in [-0.05, 0) is 49.4 Å². The third kappa shape index (κ3) is 5.53. The molecule has 2 aromatic rings. The molecule has 7 heteroatoms. The van der Waals surface area contributed by atoms with Gasteiger partial charge in [-0.15, -0.1) is 0 Å². The molecule has 0 unspecified atom stereocenters. The Labute approximate surface area is 194 Å². The largest absolute Gasteiger partial charge is 0.480 e. The standard InChI is InChI=1S/C26H32N2O5/c1-5-10-22(24(31)28(15-23(29)30)26(2,3)4)27-25(32)33-16-21-19-13-8-6-11-17(19)18-12-7-9-14-20(18)21/h6-9,11-14,21-22H,5,10,15-16H2,1-4H3,(H,27,32)(H,29,30)/t22-/m0/s1. The number of hydrogen-bond acceptors (Lipinski definition) is 4. The average Bonchev–Trinajstić information content (AvgIpc) is 3.08. The maximum atomic E-state index is 13.1. The minimum Gasteiger partial charge on any atom is -0.480 e. The Bertz CT molecular complexity index is 982. The van der Waals surface area contributed by atoms with Gasteiger partial charge in [0.15, 0.2) is 0 Å². The van der Waals surface area contributed by atoms with Crippen LogP contribution in [0.1, 0.15) is 57.6 Å². The van der Waals surface area contributed by atoms with E-state index >= 15 is 0 Å². The van der Waals surface area contributed by atoms with Crippen molar-refractivity contribution < 1.29 is 24.2 Å². The number of carboxylic acid groups (broad SMARTS) is 1. The van der Waals surface area contributed by atoms with Gasteiger partial charge in [-0.2, -0.15) is 0 Å². The molecule has 2 aromatic carbocycles. The first-order chi connectivity index (χ1) is 15.6. The Balaban J connectivity index is 1.71. The Kier molecular flexibility index (Phi) is 7.41. The molecule has 1 aliphatic carbocycles. The SMILES string of the molecule is CCC[C@H](NC(=O)OCC1c2ccccc2-c2ccccc21)C(=O)N(CC(=O)O)C(C)(C)C. The predicted molar refractivity (Wildman–Crippen MR) is 126 cm³/mol. The van der Waals surface area contributed by atoms with E-state index in [9.17, 15) is 19.5 Å². The highest BCUT2D eigenvalue weighted by Gasteiger charge is 2.34. The summed E-state index contributed by atoms with van der Waals surface area (Å²) in [7, 11) is 0. The summed E-state index contributed by atoms with van der Waals surface area (Å²) < 4.78 is 5.58. The highest BCUT2D eigenvalue weighted by atomic mass is 16.5. The first kappa shape index (κ1) is 24.3. The van der Waals surface area contributed by atoms with Crippen molar-refractivity contribution in [1.29, 1.82) is 0 Å². The highest BCUT2D eigenvalue weighted by molar-refractivity contribution is 5.88. The van der Waals surface area contributed by atoms with Crippen LogP contribution in [0.25, 0.3) is 11.1 Å². The van der Waals surface area contributed by atoms with Crippen molar-refractivity contribution in [3.05, 3.63) is 59.7 Å². The van der Waals surface area contributed by atoms with E-state index in [1.165, 1.54) is 4.90 Å². The molecule has 7 nitrogen and oxygen atoms in total. The molecular formula is C26H32N2O5. The lowest BCUT2D eigenvalue weighted by atomic mass is 9.98. The summed E-state index contributed by atoms with van der Waals surface area (Å²) >= 11 is 0. The van der Waals surface area contributed by atoms with Crippen LogP contribution in [-0.2, 0) is 14.3 Å². The zero-order chi connectivity index (χ0) is 24.2. The lowest BCUT2D eigenvalue weighted by Crippen LogP contribution is -2.56. The topological polar surface area (TPSA) is 95.9 Å². The third-order valence-electron chi connectivity index (χ3n) is 5.88. The molecule has 2 amide bonds. The molecule has 0 saturated carbocycles.